The van der Waals surface area contributed by atoms with E-state index >= 15 is 0 Å². The van der Waals surface area contributed by atoms with Crippen molar-refractivity contribution in [3.63, 3.8) is 0 Å². The Balaban J connectivity index is 2.47. The molecule has 0 bridgehead atoms. The third-order valence-corrected chi connectivity index (χ3v) is 2.25. The zero-order chi connectivity index (χ0) is 10.4. The first-order valence-electron chi connectivity index (χ1n) is 4.03. The van der Waals surface area contributed by atoms with Crippen molar-refractivity contribution in [1.82, 2.24) is 3.53 Å². The highest BCUT2D eigenvalue weighted by molar-refractivity contribution is 14.1. The van der Waals surface area contributed by atoms with Crippen LogP contribution in [0, 0.1) is 0 Å². The topological polar surface area (TPSA) is 50.4 Å². The minimum atomic E-state index is -0.0542. The number of benzene rings is 1. The molecule has 4 nitrogen and oxygen atoms in total. The van der Waals surface area contributed by atoms with Crippen LogP contribution in [-0.4, -0.2) is 19.6 Å². The van der Waals surface area contributed by atoms with Crippen LogP contribution in [0.4, 0.5) is 5.69 Å². The second-order valence-electron chi connectivity index (χ2n) is 2.60. The Kier molecular flexibility index (Phi) is 4.51. The monoisotopic (exact) mass is 306 g/mol. The summed E-state index contributed by atoms with van der Waals surface area (Å²) in [5.74, 6) is 0.746. The van der Waals surface area contributed by atoms with E-state index in [2.05, 4.69) is 8.85 Å². The Bertz CT molecular complexity index is 300. The summed E-state index contributed by atoms with van der Waals surface area (Å²) in [6.07, 6.45) is 0. The molecule has 5 heteroatoms. The fourth-order valence-electron chi connectivity index (χ4n) is 0.925. The van der Waals surface area contributed by atoms with Gasteiger partial charge in [0, 0.05) is 5.69 Å². The van der Waals surface area contributed by atoms with E-state index in [1.54, 1.807) is 7.11 Å². The third kappa shape index (κ3) is 3.41. The first-order valence-corrected chi connectivity index (χ1v) is 5.11. The maximum Gasteiger partial charge on any atom is 0.247 e. The number of carbonyl (C=O) groups excluding carboxylic acids is 1. The average molecular weight is 306 g/mol. The Morgan fingerprint density at radius 1 is 1.43 bits per heavy atom. The van der Waals surface area contributed by atoms with Crippen LogP contribution in [0.1, 0.15) is 0 Å². The molecule has 1 aromatic carbocycles. The SMILES string of the molecule is COc1ccc(NCC(=O)NI)cc1. The van der Waals surface area contributed by atoms with Crippen molar-refractivity contribution in [3.8, 4) is 5.75 Å². The van der Waals surface area contributed by atoms with Gasteiger partial charge in [-0.05, 0) is 24.3 Å². The lowest BCUT2D eigenvalue weighted by Gasteiger charge is -2.05. The van der Waals surface area contributed by atoms with Crippen LogP contribution in [-0.2, 0) is 4.79 Å². The normalized spacial score (nSPS) is 9.29. The molecule has 0 saturated heterocycles. The summed E-state index contributed by atoms with van der Waals surface area (Å²) in [7, 11) is 1.62. The number of ether oxygens (including phenoxy) is 1. The highest BCUT2D eigenvalue weighted by atomic mass is 127. The van der Waals surface area contributed by atoms with Gasteiger partial charge in [0.25, 0.3) is 0 Å². The number of hydrogen-bond acceptors (Lipinski definition) is 3. The number of carbonyl (C=O) groups is 1. The summed E-state index contributed by atoms with van der Waals surface area (Å²) in [6, 6.07) is 7.40. The fraction of sp³-hybridized carbons (Fsp3) is 0.222. The quantitative estimate of drug-likeness (QED) is 0.656. The Hall–Kier alpha value is -0.980. The molecule has 1 aromatic rings. The maximum atomic E-state index is 10.9. The Labute approximate surface area is 96.5 Å². The number of hydrogen-bond donors (Lipinski definition) is 2. The molecule has 0 radical (unpaired) electrons. The van der Waals surface area contributed by atoms with E-state index in [1.165, 1.54) is 0 Å². The van der Waals surface area contributed by atoms with Crippen LogP contribution >= 0.6 is 22.9 Å². The van der Waals surface area contributed by atoms with E-state index in [1.807, 2.05) is 47.1 Å². The predicted molar refractivity (Wildman–Crippen MR) is 63.6 cm³/mol. The summed E-state index contributed by atoms with van der Waals surface area (Å²) in [6.45, 7) is 0.273. The van der Waals surface area contributed by atoms with Crippen molar-refractivity contribution in [2.75, 3.05) is 19.0 Å². The number of methoxy groups -OCH3 is 1. The maximum absolute atomic E-state index is 10.9. The summed E-state index contributed by atoms with van der Waals surface area (Å²) in [5.41, 5.74) is 0.894. The summed E-state index contributed by atoms with van der Waals surface area (Å²) < 4.78 is 7.51. The fourth-order valence-corrected chi connectivity index (χ4v) is 1.12. The molecule has 0 aliphatic heterocycles. The zero-order valence-electron chi connectivity index (χ0n) is 7.71. The van der Waals surface area contributed by atoms with Gasteiger partial charge in [0.1, 0.15) is 5.75 Å². The molecule has 76 valence electrons. The molecule has 0 heterocycles. The van der Waals surface area contributed by atoms with Gasteiger partial charge in [0.2, 0.25) is 5.91 Å². The molecule has 1 rings (SSSR count). The van der Waals surface area contributed by atoms with Crippen molar-refractivity contribution in [2.45, 2.75) is 0 Å². The van der Waals surface area contributed by atoms with Gasteiger partial charge < -0.3 is 10.1 Å². The molecule has 0 aliphatic carbocycles. The van der Waals surface area contributed by atoms with E-state index in [-0.39, 0.29) is 12.5 Å². The van der Waals surface area contributed by atoms with Crippen molar-refractivity contribution in [3.05, 3.63) is 24.3 Å². The molecule has 0 spiro atoms. The van der Waals surface area contributed by atoms with Crippen LogP contribution in [0.2, 0.25) is 0 Å². The van der Waals surface area contributed by atoms with Crippen molar-refractivity contribution in [1.29, 1.82) is 0 Å². The first-order chi connectivity index (χ1) is 6.76. The molecule has 2 N–H and O–H groups in total. The summed E-state index contributed by atoms with van der Waals surface area (Å²) >= 11 is 1.81. The molecule has 0 unspecified atom stereocenters. The van der Waals surface area contributed by atoms with E-state index < -0.39 is 0 Å². The largest absolute Gasteiger partial charge is 0.497 e. The number of anilines is 1. The van der Waals surface area contributed by atoms with E-state index in [0.29, 0.717) is 0 Å². The summed E-state index contributed by atoms with van der Waals surface area (Å²) in [4.78, 5) is 10.9. The minimum absolute atomic E-state index is 0.0542. The van der Waals surface area contributed by atoms with Gasteiger partial charge in [0.05, 0.1) is 36.5 Å². The Morgan fingerprint density at radius 2 is 2.07 bits per heavy atom. The standard InChI is InChI=1S/C9H11IN2O2/c1-14-8-4-2-7(3-5-8)11-6-9(13)12-10/h2-5,11H,6H2,1H3,(H,12,13). The van der Waals surface area contributed by atoms with E-state index in [4.69, 9.17) is 4.74 Å². The van der Waals surface area contributed by atoms with E-state index in [0.717, 1.165) is 11.4 Å². The van der Waals surface area contributed by atoms with Crippen molar-refractivity contribution < 1.29 is 9.53 Å². The second kappa shape index (κ2) is 5.69. The lowest BCUT2D eigenvalue weighted by Crippen LogP contribution is -2.21. The molecular weight excluding hydrogens is 295 g/mol. The van der Waals surface area contributed by atoms with Gasteiger partial charge in [-0.15, -0.1) is 0 Å². The van der Waals surface area contributed by atoms with Gasteiger partial charge in [-0.2, -0.15) is 0 Å². The van der Waals surface area contributed by atoms with Crippen LogP contribution in [0.3, 0.4) is 0 Å². The van der Waals surface area contributed by atoms with Crippen molar-refractivity contribution >= 4 is 34.5 Å². The van der Waals surface area contributed by atoms with Crippen LogP contribution in [0.5, 0.6) is 5.75 Å². The smallest absolute Gasteiger partial charge is 0.247 e. The third-order valence-electron chi connectivity index (χ3n) is 1.65. The molecule has 0 atom stereocenters. The van der Waals surface area contributed by atoms with Crippen LogP contribution < -0.4 is 13.6 Å². The molecule has 1 amide bonds. The number of rotatable bonds is 4. The molecule has 0 fully saturated rings. The highest BCUT2D eigenvalue weighted by Gasteiger charge is 1.98. The zero-order valence-corrected chi connectivity index (χ0v) is 9.87. The molecule has 0 saturated carbocycles. The lowest BCUT2D eigenvalue weighted by atomic mass is 10.3. The van der Waals surface area contributed by atoms with Gasteiger partial charge in [-0.1, -0.05) is 0 Å². The van der Waals surface area contributed by atoms with Crippen LogP contribution in [0.15, 0.2) is 24.3 Å². The minimum Gasteiger partial charge on any atom is -0.497 e. The van der Waals surface area contributed by atoms with Gasteiger partial charge in [-0.3, -0.25) is 8.32 Å². The van der Waals surface area contributed by atoms with E-state index in [9.17, 15) is 4.79 Å². The number of halogens is 1. The van der Waals surface area contributed by atoms with Crippen molar-refractivity contribution in [2.24, 2.45) is 0 Å². The molecule has 0 aliphatic rings. The molecule has 0 aromatic heterocycles. The predicted octanol–water partition coefficient (Wildman–Crippen LogP) is 1.57. The first kappa shape index (κ1) is 11.1. The van der Waals surface area contributed by atoms with Crippen LogP contribution in [0.25, 0.3) is 0 Å². The van der Waals surface area contributed by atoms with Gasteiger partial charge in [-0.25, -0.2) is 0 Å². The molecular formula is C9H11IN2O2. The van der Waals surface area contributed by atoms with Gasteiger partial charge >= 0.3 is 0 Å². The van der Waals surface area contributed by atoms with Gasteiger partial charge in [0.15, 0.2) is 0 Å². The summed E-state index contributed by atoms with van der Waals surface area (Å²) in [5, 5.41) is 2.97. The molecule has 14 heavy (non-hydrogen) atoms. The number of amides is 1. The number of nitrogens with one attached hydrogen (secondary N) is 2. The lowest BCUT2D eigenvalue weighted by molar-refractivity contribution is -0.117. The highest BCUT2D eigenvalue weighted by Crippen LogP contribution is 2.14. The average Bonchev–Trinajstić information content (AvgIpc) is 2.26. The second-order valence-corrected chi connectivity index (χ2v) is 3.14. The Morgan fingerprint density at radius 3 is 2.57 bits per heavy atom.